The fraction of sp³-hybridized carbons (Fsp3) is 0.333. The molecular weight excluding hydrogens is 486 g/mol. The molecule has 0 spiro atoms. The van der Waals surface area contributed by atoms with E-state index in [2.05, 4.69) is 30.9 Å². The van der Waals surface area contributed by atoms with Gasteiger partial charge in [-0.05, 0) is 71.4 Å². The number of benzene rings is 1. The summed E-state index contributed by atoms with van der Waals surface area (Å²) in [5.41, 5.74) is 4.23. The Morgan fingerprint density at radius 3 is 2.79 bits per heavy atom. The zero-order valence-corrected chi connectivity index (χ0v) is 19.7. The Morgan fingerprint density at radius 2 is 1.97 bits per heavy atom. The number of pyridine rings is 1. The van der Waals surface area contributed by atoms with Crippen molar-refractivity contribution in [3.8, 4) is 0 Å². The van der Waals surface area contributed by atoms with Crippen molar-refractivity contribution in [1.82, 2.24) is 19.4 Å². The van der Waals surface area contributed by atoms with Crippen LogP contribution in [0.4, 0.5) is 5.82 Å². The number of aromatic nitrogens is 4. The van der Waals surface area contributed by atoms with Crippen LogP contribution in [0.5, 0.6) is 0 Å². The standard InChI is InChI=1S/C24H22BrN5O3/c1-13-8-19-18(10-17(13)24(32)29-5-2-15-9-16(25)11-26-21(15)29)28-23(31)20-12-27-22(30(19)20)14-3-6-33-7-4-14/h8-12,14H,2-7H2,1H3,(H,28,31). The Labute approximate surface area is 197 Å². The summed E-state index contributed by atoms with van der Waals surface area (Å²) < 4.78 is 8.36. The summed E-state index contributed by atoms with van der Waals surface area (Å²) in [5.74, 6) is 1.70. The second kappa shape index (κ2) is 7.78. The van der Waals surface area contributed by atoms with E-state index in [1.807, 2.05) is 23.5 Å². The number of nitrogens with zero attached hydrogens (tertiary/aromatic N) is 4. The van der Waals surface area contributed by atoms with Crippen LogP contribution in [0.3, 0.4) is 0 Å². The molecule has 168 valence electrons. The molecule has 1 fully saturated rings. The topological polar surface area (TPSA) is 92.6 Å². The highest BCUT2D eigenvalue weighted by molar-refractivity contribution is 9.10. The van der Waals surface area contributed by atoms with Gasteiger partial charge in [0.2, 0.25) is 0 Å². The number of carbonyl (C=O) groups excluding carboxylic acids is 1. The number of carbonyl (C=O) groups is 1. The first-order chi connectivity index (χ1) is 16.0. The number of H-pyrrole nitrogens is 1. The van der Waals surface area contributed by atoms with Gasteiger partial charge in [-0.25, -0.2) is 9.97 Å². The predicted molar refractivity (Wildman–Crippen MR) is 128 cm³/mol. The molecule has 0 atom stereocenters. The molecule has 0 unspecified atom stereocenters. The summed E-state index contributed by atoms with van der Waals surface area (Å²) in [6.45, 7) is 3.90. The van der Waals surface area contributed by atoms with Crippen molar-refractivity contribution in [2.24, 2.45) is 0 Å². The lowest BCUT2D eigenvalue weighted by Gasteiger charge is -2.22. The molecule has 2 aliphatic heterocycles. The molecule has 33 heavy (non-hydrogen) atoms. The molecule has 1 aromatic carbocycles. The number of hydrogen-bond donors (Lipinski definition) is 1. The van der Waals surface area contributed by atoms with Gasteiger partial charge in [-0.2, -0.15) is 0 Å². The lowest BCUT2D eigenvalue weighted by molar-refractivity contribution is 0.0835. The fourth-order valence-electron chi connectivity index (χ4n) is 5.00. The van der Waals surface area contributed by atoms with E-state index in [9.17, 15) is 9.59 Å². The van der Waals surface area contributed by atoms with Gasteiger partial charge in [-0.1, -0.05) is 0 Å². The Balaban J connectivity index is 1.48. The van der Waals surface area contributed by atoms with Crippen molar-refractivity contribution in [2.45, 2.75) is 32.1 Å². The van der Waals surface area contributed by atoms with Crippen LogP contribution in [-0.2, 0) is 11.2 Å². The number of aromatic amines is 1. The van der Waals surface area contributed by atoms with Gasteiger partial charge in [-0.15, -0.1) is 0 Å². The summed E-state index contributed by atoms with van der Waals surface area (Å²) in [4.78, 5) is 40.1. The Kier molecular flexibility index (Phi) is 4.84. The van der Waals surface area contributed by atoms with Gasteiger partial charge in [-0.3, -0.25) is 18.9 Å². The molecular formula is C24H22BrN5O3. The molecule has 3 aromatic heterocycles. The second-order valence-corrected chi connectivity index (χ2v) is 9.62. The molecule has 0 radical (unpaired) electrons. The minimum Gasteiger partial charge on any atom is -0.381 e. The van der Waals surface area contributed by atoms with E-state index < -0.39 is 0 Å². The quantitative estimate of drug-likeness (QED) is 0.446. The van der Waals surface area contributed by atoms with E-state index in [0.29, 0.717) is 42.2 Å². The van der Waals surface area contributed by atoms with Gasteiger partial charge in [0.1, 0.15) is 17.2 Å². The molecule has 6 rings (SSSR count). The number of nitrogens with one attached hydrogen (secondary N) is 1. The van der Waals surface area contributed by atoms with Gasteiger partial charge < -0.3 is 9.72 Å². The number of halogens is 1. The van der Waals surface area contributed by atoms with Crippen molar-refractivity contribution < 1.29 is 9.53 Å². The van der Waals surface area contributed by atoms with Gasteiger partial charge >= 0.3 is 0 Å². The molecule has 4 aromatic rings. The summed E-state index contributed by atoms with van der Waals surface area (Å²) in [7, 11) is 0. The number of amides is 1. The molecule has 8 nitrogen and oxygen atoms in total. The highest BCUT2D eigenvalue weighted by atomic mass is 79.9. The van der Waals surface area contributed by atoms with Crippen LogP contribution in [0.25, 0.3) is 16.6 Å². The van der Waals surface area contributed by atoms with Gasteiger partial charge in [0.15, 0.2) is 0 Å². The minimum absolute atomic E-state index is 0.112. The van der Waals surface area contributed by atoms with E-state index >= 15 is 0 Å². The maximum atomic E-state index is 13.5. The zero-order chi connectivity index (χ0) is 22.7. The van der Waals surface area contributed by atoms with Crippen LogP contribution >= 0.6 is 15.9 Å². The molecule has 9 heteroatoms. The van der Waals surface area contributed by atoms with Crippen LogP contribution in [0.2, 0.25) is 0 Å². The predicted octanol–water partition coefficient (Wildman–Crippen LogP) is 3.74. The zero-order valence-electron chi connectivity index (χ0n) is 18.1. The molecule has 0 bridgehead atoms. The smallest absolute Gasteiger partial charge is 0.274 e. The highest BCUT2D eigenvalue weighted by Gasteiger charge is 2.29. The van der Waals surface area contributed by atoms with Gasteiger partial charge in [0.25, 0.3) is 11.5 Å². The lowest BCUT2D eigenvalue weighted by atomic mass is 9.99. The normalized spacial score (nSPS) is 16.6. The fourth-order valence-corrected chi connectivity index (χ4v) is 5.38. The van der Waals surface area contributed by atoms with Crippen molar-refractivity contribution >= 4 is 44.2 Å². The van der Waals surface area contributed by atoms with E-state index in [1.165, 1.54) is 0 Å². The van der Waals surface area contributed by atoms with E-state index in [0.717, 1.165) is 46.2 Å². The van der Waals surface area contributed by atoms with Crippen molar-refractivity contribution in [1.29, 1.82) is 0 Å². The summed E-state index contributed by atoms with van der Waals surface area (Å²) in [5, 5.41) is 0. The highest BCUT2D eigenvalue weighted by Crippen LogP contribution is 2.32. The monoisotopic (exact) mass is 507 g/mol. The van der Waals surface area contributed by atoms with E-state index in [-0.39, 0.29) is 17.4 Å². The first kappa shape index (κ1) is 20.6. The molecule has 1 N–H and O–H groups in total. The number of hydrogen-bond acceptors (Lipinski definition) is 5. The molecule has 5 heterocycles. The molecule has 0 aliphatic carbocycles. The van der Waals surface area contributed by atoms with Crippen LogP contribution < -0.4 is 10.5 Å². The van der Waals surface area contributed by atoms with Crippen molar-refractivity contribution in [3.05, 3.63) is 67.9 Å². The van der Waals surface area contributed by atoms with E-state index in [1.54, 1.807) is 23.4 Å². The van der Waals surface area contributed by atoms with Crippen molar-refractivity contribution in [3.63, 3.8) is 0 Å². The first-order valence-electron chi connectivity index (χ1n) is 11.1. The first-order valence-corrected chi connectivity index (χ1v) is 11.9. The third kappa shape index (κ3) is 3.29. The average Bonchev–Trinajstić information content (AvgIpc) is 3.44. The number of rotatable bonds is 2. The molecule has 0 saturated carbocycles. The number of fused-ring (bicyclic) bond motifs is 4. The second-order valence-electron chi connectivity index (χ2n) is 8.71. The van der Waals surface area contributed by atoms with Crippen LogP contribution in [0.15, 0.2) is 39.9 Å². The van der Waals surface area contributed by atoms with Crippen LogP contribution in [0, 0.1) is 6.92 Å². The van der Waals surface area contributed by atoms with Crippen molar-refractivity contribution in [2.75, 3.05) is 24.7 Å². The molecule has 1 amide bonds. The van der Waals surface area contributed by atoms with Gasteiger partial charge in [0, 0.05) is 41.9 Å². The summed E-state index contributed by atoms with van der Waals surface area (Å²) >= 11 is 3.45. The Bertz CT molecular complexity index is 1490. The van der Waals surface area contributed by atoms with Gasteiger partial charge in [0.05, 0.1) is 17.2 Å². The number of anilines is 1. The van der Waals surface area contributed by atoms with E-state index in [4.69, 9.17) is 4.74 Å². The number of aryl methyl sites for hydroxylation is 1. The maximum Gasteiger partial charge on any atom is 0.274 e. The van der Waals surface area contributed by atoms with Crippen LogP contribution in [-0.4, -0.2) is 45.0 Å². The molecule has 1 saturated heterocycles. The van der Waals surface area contributed by atoms with Crippen LogP contribution in [0.1, 0.15) is 46.1 Å². The third-order valence-corrected chi connectivity index (χ3v) is 7.12. The average molecular weight is 508 g/mol. The minimum atomic E-state index is -0.214. The molecule has 2 aliphatic rings. The summed E-state index contributed by atoms with van der Waals surface area (Å²) in [6.07, 6.45) is 5.87. The summed E-state index contributed by atoms with van der Waals surface area (Å²) in [6, 6.07) is 5.77. The number of ether oxygens (including phenoxy) is 1. The Hall–Kier alpha value is -3.04. The third-order valence-electron chi connectivity index (χ3n) is 6.69. The largest absolute Gasteiger partial charge is 0.381 e. The SMILES string of the molecule is Cc1cc2c(cc1C(=O)N1CCc3cc(Br)cnc31)[nH]c(=O)c1cnc(C3CCOCC3)n12. The maximum absolute atomic E-state index is 13.5. The number of imidazole rings is 1. The lowest BCUT2D eigenvalue weighted by Crippen LogP contribution is -2.30. The Morgan fingerprint density at radius 1 is 1.15 bits per heavy atom.